The molecule has 0 bridgehead atoms. The van der Waals surface area contributed by atoms with Crippen LogP contribution in [0.5, 0.6) is 0 Å². The maximum Gasteiger partial charge on any atom is 0.303 e. The average Bonchev–Trinajstić information content (AvgIpc) is 2.26. The van der Waals surface area contributed by atoms with Gasteiger partial charge in [0.2, 0.25) is 0 Å². The molecule has 0 aromatic heterocycles. The second-order valence-corrected chi connectivity index (χ2v) is 5.87. The van der Waals surface area contributed by atoms with Crippen molar-refractivity contribution in [3.8, 4) is 0 Å². The number of carboxylic acids is 1. The lowest BCUT2D eigenvalue weighted by Crippen LogP contribution is -2.43. The van der Waals surface area contributed by atoms with Crippen molar-refractivity contribution in [2.75, 3.05) is 0 Å². The van der Waals surface area contributed by atoms with Crippen LogP contribution in [-0.4, -0.2) is 22.5 Å². The fraction of sp³-hybridized carbons (Fsp3) is 0.385. The van der Waals surface area contributed by atoms with E-state index in [1.54, 1.807) is 12.1 Å². The highest BCUT2D eigenvalue weighted by molar-refractivity contribution is 14.1. The Morgan fingerprint density at radius 3 is 2.50 bits per heavy atom. The van der Waals surface area contributed by atoms with Gasteiger partial charge in [0.25, 0.3) is 5.91 Å². The number of hydrogen-bond acceptors (Lipinski definition) is 2. The summed E-state index contributed by atoms with van der Waals surface area (Å²) in [6.45, 7) is 3.65. The Balaban J connectivity index is 2.69. The first kappa shape index (κ1) is 14.9. The molecule has 0 fully saturated rings. The predicted molar refractivity (Wildman–Crippen MR) is 77.6 cm³/mol. The van der Waals surface area contributed by atoms with E-state index in [9.17, 15) is 9.59 Å². The zero-order valence-electron chi connectivity index (χ0n) is 10.4. The van der Waals surface area contributed by atoms with Gasteiger partial charge >= 0.3 is 5.97 Å². The molecular formula is C13H16INO3. The number of amides is 1. The van der Waals surface area contributed by atoms with Gasteiger partial charge in [-0.25, -0.2) is 0 Å². The summed E-state index contributed by atoms with van der Waals surface area (Å²) in [6, 6.07) is 7.29. The summed E-state index contributed by atoms with van der Waals surface area (Å²) in [5.74, 6) is -1.03. The molecule has 4 nitrogen and oxygen atoms in total. The van der Waals surface area contributed by atoms with Gasteiger partial charge in [-0.3, -0.25) is 9.59 Å². The van der Waals surface area contributed by atoms with Gasteiger partial charge in [0, 0.05) is 15.5 Å². The highest BCUT2D eigenvalue weighted by atomic mass is 127. The second-order valence-electron chi connectivity index (χ2n) is 4.71. The van der Waals surface area contributed by atoms with E-state index >= 15 is 0 Å². The number of carbonyl (C=O) groups excluding carboxylic acids is 1. The fourth-order valence-corrected chi connectivity index (χ4v) is 2.13. The molecule has 0 atom stereocenters. The molecule has 1 rings (SSSR count). The van der Waals surface area contributed by atoms with Gasteiger partial charge in [0.05, 0.1) is 5.56 Å². The lowest BCUT2D eigenvalue weighted by atomic mass is 9.98. The van der Waals surface area contributed by atoms with Crippen LogP contribution in [0.25, 0.3) is 0 Å². The van der Waals surface area contributed by atoms with Crippen molar-refractivity contribution in [3.05, 3.63) is 33.4 Å². The Labute approximate surface area is 120 Å². The van der Waals surface area contributed by atoms with E-state index in [1.807, 2.05) is 26.0 Å². The number of rotatable bonds is 5. The highest BCUT2D eigenvalue weighted by Crippen LogP contribution is 2.15. The van der Waals surface area contributed by atoms with Crippen LogP contribution in [0.1, 0.15) is 37.0 Å². The third kappa shape index (κ3) is 4.64. The molecule has 0 heterocycles. The zero-order chi connectivity index (χ0) is 13.8. The van der Waals surface area contributed by atoms with Crippen LogP contribution in [0.4, 0.5) is 0 Å². The van der Waals surface area contributed by atoms with E-state index in [1.165, 1.54) is 0 Å². The Kier molecular flexibility index (Phi) is 5.13. The topological polar surface area (TPSA) is 66.4 Å². The van der Waals surface area contributed by atoms with Crippen LogP contribution in [0.15, 0.2) is 24.3 Å². The molecule has 1 aromatic carbocycles. The number of carbonyl (C=O) groups is 2. The molecule has 18 heavy (non-hydrogen) atoms. The molecule has 0 unspecified atom stereocenters. The predicted octanol–water partition coefficient (Wildman–Crippen LogP) is 2.66. The van der Waals surface area contributed by atoms with E-state index in [2.05, 4.69) is 27.9 Å². The van der Waals surface area contributed by atoms with Crippen molar-refractivity contribution in [1.82, 2.24) is 5.32 Å². The van der Waals surface area contributed by atoms with Gasteiger partial charge in [0.1, 0.15) is 0 Å². The van der Waals surface area contributed by atoms with E-state index in [-0.39, 0.29) is 12.3 Å². The molecule has 0 radical (unpaired) electrons. The third-order valence-corrected chi connectivity index (χ3v) is 3.47. The van der Waals surface area contributed by atoms with Crippen molar-refractivity contribution in [3.63, 3.8) is 0 Å². The molecule has 0 spiro atoms. The van der Waals surface area contributed by atoms with Gasteiger partial charge in [-0.2, -0.15) is 0 Å². The number of nitrogens with one attached hydrogen (secondary N) is 1. The van der Waals surface area contributed by atoms with Crippen LogP contribution in [-0.2, 0) is 4.79 Å². The Bertz CT molecular complexity index is 457. The quantitative estimate of drug-likeness (QED) is 0.793. The summed E-state index contributed by atoms with van der Waals surface area (Å²) in [6.07, 6.45) is 0.441. The first-order valence-corrected chi connectivity index (χ1v) is 6.68. The Hall–Kier alpha value is -1.11. The number of hydrogen-bond donors (Lipinski definition) is 2. The van der Waals surface area contributed by atoms with Crippen LogP contribution in [0.2, 0.25) is 0 Å². The molecule has 0 aliphatic carbocycles. The van der Waals surface area contributed by atoms with E-state index in [0.717, 1.165) is 3.57 Å². The van der Waals surface area contributed by atoms with Gasteiger partial charge in [-0.1, -0.05) is 12.1 Å². The molecule has 5 heteroatoms. The van der Waals surface area contributed by atoms with Crippen molar-refractivity contribution < 1.29 is 14.7 Å². The van der Waals surface area contributed by atoms with Gasteiger partial charge in [-0.05, 0) is 55.0 Å². The summed E-state index contributed by atoms with van der Waals surface area (Å²) in [5.41, 5.74) is 0.0792. The molecular weight excluding hydrogens is 345 g/mol. The zero-order valence-corrected chi connectivity index (χ0v) is 12.5. The first-order valence-electron chi connectivity index (χ1n) is 5.61. The second kappa shape index (κ2) is 6.17. The molecule has 0 saturated carbocycles. The largest absolute Gasteiger partial charge is 0.481 e. The molecule has 0 aliphatic rings. The number of carboxylic acid groups (broad SMARTS) is 1. The molecule has 1 aromatic rings. The number of halogens is 1. The van der Waals surface area contributed by atoms with Gasteiger partial charge in [-0.15, -0.1) is 0 Å². The van der Waals surface area contributed by atoms with Gasteiger partial charge < -0.3 is 10.4 Å². The maximum absolute atomic E-state index is 12.1. The van der Waals surface area contributed by atoms with Crippen LogP contribution in [0, 0.1) is 3.57 Å². The number of aliphatic carboxylic acids is 1. The standard InChI is InChI=1S/C13H16INO3/c1-13(2,8-7-11(16)17)15-12(18)9-5-3-4-6-10(9)14/h3-6H,7-8H2,1-2H3,(H,15,18)(H,16,17). The van der Waals surface area contributed by atoms with Crippen molar-refractivity contribution in [2.24, 2.45) is 0 Å². The Morgan fingerprint density at radius 1 is 1.33 bits per heavy atom. The fourth-order valence-electron chi connectivity index (χ4n) is 1.50. The summed E-state index contributed by atoms with van der Waals surface area (Å²) in [5, 5.41) is 11.5. The highest BCUT2D eigenvalue weighted by Gasteiger charge is 2.22. The van der Waals surface area contributed by atoms with E-state index in [4.69, 9.17) is 5.11 Å². The molecule has 1 amide bonds. The minimum Gasteiger partial charge on any atom is -0.481 e. The van der Waals surface area contributed by atoms with Crippen molar-refractivity contribution in [1.29, 1.82) is 0 Å². The average molecular weight is 361 g/mol. The number of benzene rings is 1. The van der Waals surface area contributed by atoms with Crippen molar-refractivity contribution >= 4 is 34.5 Å². The summed E-state index contributed by atoms with van der Waals surface area (Å²) >= 11 is 2.10. The normalized spacial score (nSPS) is 11.1. The summed E-state index contributed by atoms with van der Waals surface area (Å²) in [7, 11) is 0. The van der Waals surface area contributed by atoms with Crippen LogP contribution < -0.4 is 5.32 Å². The minimum absolute atomic E-state index is 0.0408. The van der Waals surface area contributed by atoms with Crippen molar-refractivity contribution in [2.45, 2.75) is 32.2 Å². The summed E-state index contributed by atoms with van der Waals surface area (Å²) in [4.78, 5) is 22.6. The molecule has 0 saturated heterocycles. The minimum atomic E-state index is -0.855. The monoisotopic (exact) mass is 361 g/mol. The molecule has 0 aliphatic heterocycles. The van der Waals surface area contributed by atoms with E-state index < -0.39 is 11.5 Å². The SMILES string of the molecule is CC(C)(CCC(=O)O)NC(=O)c1ccccc1I. The molecule has 98 valence electrons. The Morgan fingerprint density at radius 2 is 1.94 bits per heavy atom. The van der Waals surface area contributed by atoms with Crippen LogP contribution >= 0.6 is 22.6 Å². The first-order chi connectivity index (χ1) is 8.32. The van der Waals surface area contributed by atoms with E-state index in [0.29, 0.717) is 12.0 Å². The lowest BCUT2D eigenvalue weighted by molar-refractivity contribution is -0.137. The lowest BCUT2D eigenvalue weighted by Gasteiger charge is -2.25. The van der Waals surface area contributed by atoms with Gasteiger partial charge in [0.15, 0.2) is 0 Å². The third-order valence-electron chi connectivity index (χ3n) is 2.53. The smallest absolute Gasteiger partial charge is 0.303 e. The molecule has 2 N–H and O–H groups in total. The summed E-state index contributed by atoms with van der Waals surface area (Å²) < 4.78 is 0.877. The maximum atomic E-state index is 12.1. The van der Waals surface area contributed by atoms with Crippen LogP contribution in [0.3, 0.4) is 0 Å².